The molecule has 0 amide bonds. The Morgan fingerprint density at radius 1 is 1.20 bits per heavy atom. The van der Waals surface area contributed by atoms with Crippen molar-refractivity contribution in [2.75, 3.05) is 13.1 Å². The van der Waals surface area contributed by atoms with Crippen molar-refractivity contribution in [3.63, 3.8) is 0 Å². The summed E-state index contributed by atoms with van der Waals surface area (Å²) in [4.78, 5) is 47.2. The van der Waals surface area contributed by atoms with Gasteiger partial charge in [0.25, 0.3) is 0 Å². The van der Waals surface area contributed by atoms with Gasteiger partial charge in [-0.3, -0.25) is 14.0 Å². The monoisotopic (exact) mass is 545 g/mol. The maximum Gasteiger partial charge on any atom is 0.354 e. The number of nitrogens with zero attached hydrogens (tertiary/aromatic N) is 6. The third-order valence-electron chi connectivity index (χ3n) is 7.59. The first kappa shape index (κ1) is 26.9. The quantitative estimate of drug-likeness (QED) is 0.361. The summed E-state index contributed by atoms with van der Waals surface area (Å²) in [6, 6.07) is 3.52. The highest BCUT2D eigenvalue weighted by Gasteiger charge is 2.29. The van der Waals surface area contributed by atoms with Crippen LogP contribution in [0, 0.1) is 0 Å². The average Bonchev–Trinajstić information content (AvgIpc) is 3.60. The second-order valence-electron chi connectivity index (χ2n) is 10.1. The summed E-state index contributed by atoms with van der Waals surface area (Å²) in [5.41, 5.74) is 10.1. The zero-order valence-electron chi connectivity index (χ0n) is 22.3. The van der Waals surface area contributed by atoms with Gasteiger partial charge in [-0.05, 0) is 67.7 Å². The fourth-order valence-corrected chi connectivity index (χ4v) is 5.46. The lowest BCUT2D eigenvalue weighted by molar-refractivity contribution is -0.132. The zero-order valence-corrected chi connectivity index (χ0v) is 22.3. The molecule has 5 rings (SSSR count). The van der Waals surface area contributed by atoms with Crippen molar-refractivity contribution in [2.45, 2.75) is 38.8 Å². The number of carbonyl (C=O) groups is 2. The average molecular weight is 546 g/mol. The summed E-state index contributed by atoms with van der Waals surface area (Å²) in [7, 11) is 1.69. The molecule has 1 aliphatic carbocycles. The van der Waals surface area contributed by atoms with Crippen LogP contribution in [0.25, 0.3) is 17.4 Å². The molecule has 0 aromatic carbocycles. The minimum absolute atomic E-state index is 0.107. The fraction of sp³-hybridized carbons (Fsp3) is 0.321. The maximum atomic E-state index is 13.6. The largest absolute Gasteiger partial charge is 0.478 e. The van der Waals surface area contributed by atoms with Crippen LogP contribution in [0.3, 0.4) is 0 Å². The molecule has 1 aliphatic heterocycles. The van der Waals surface area contributed by atoms with Crippen LogP contribution in [-0.2, 0) is 18.4 Å². The van der Waals surface area contributed by atoms with Gasteiger partial charge in [-0.25, -0.2) is 24.4 Å². The summed E-state index contributed by atoms with van der Waals surface area (Å²) in [5.74, 6) is -1.29. The topological polar surface area (TPSA) is 162 Å². The molecule has 1 saturated heterocycles. The number of carboxylic acids is 2. The molecule has 0 unspecified atom stereocenters. The van der Waals surface area contributed by atoms with E-state index < -0.39 is 11.9 Å². The number of fused-ring (bicyclic) bond motifs is 1. The highest BCUT2D eigenvalue weighted by molar-refractivity contribution is 5.88. The van der Waals surface area contributed by atoms with Crippen molar-refractivity contribution >= 4 is 29.3 Å². The van der Waals surface area contributed by atoms with Crippen LogP contribution in [-0.4, -0.2) is 63.8 Å². The van der Waals surface area contributed by atoms with E-state index in [0.29, 0.717) is 54.2 Å². The predicted octanol–water partition coefficient (Wildman–Crippen LogP) is 2.51. The molecule has 0 saturated carbocycles. The van der Waals surface area contributed by atoms with Crippen LogP contribution in [0.2, 0.25) is 0 Å². The van der Waals surface area contributed by atoms with E-state index in [1.54, 1.807) is 57.4 Å². The van der Waals surface area contributed by atoms with Gasteiger partial charge >= 0.3 is 17.6 Å². The summed E-state index contributed by atoms with van der Waals surface area (Å²) in [5, 5.41) is 18.5. The minimum atomic E-state index is -1.02. The van der Waals surface area contributed by atoms with E-state index in [2.05, 4.69) is 14.9 Å². The second-order valence-corrected chi connectivity index (χ2v) is 10.1. The molecule has 3 aromatic rings. The highest BCUT2D eigenvalue weighted by atomic mass is 16.4. The summed E-state index contributed by atoms with van der Waals surface area (Å²) in [6.07, 6.45) is 11.5. The van der Waals surface area contributed by atoms with Crippen LogP contribution in [0.15, 0.2) is 70.0 Å². The van der Waals surface area contributed by atoms with Gasteiger partial charge < -0.3 is 20.5 Å². The molecule has 2 aliphatic rings. The number of carboxylic acid groups (broad SMARTS) is 2. The Labute approximate surface area is 229 Å². The number of hydrogen-bond donors (Lipinski definition) is 3. The van der Waals surface area contributed by atoms with Gasteiger partial charge in [-0.1, -0.05) is 0 Å². The van der Waals surface area contributed by atoms with E-state index in [1.807, 2.05) is 13.0 Å². The van der Waals surface area contributed by atoms with E-state index in [1.165, 1.54) is 6.20 Å². The Morgan fingerprint density at radius 2 is 2.00 bits per heavy atom. The number of aromatic nitrogens is 5. The molecule has 1 fully saturated rings. The molecule has 0 bridgehead atoms. The molecular formula is C28H31N7O5. The number of pyridine rings is 1. The molecule has 208 valence electrons. The molecule has 4 heterocycles. The number of imidazole rings is 2. The van der Waals surface area contributed by atoms with E-state index in [0.717, 1.165) is 24.1 Å². The van der Waals surface area contributed by atoms with Gasteiger partial charge in [0.2, 0.25) is 0 Å². The Bertz CT molecular complexity index is 1680. The number of rotatable bonds is 8. The predicted molar refractivity (Wildman–Crippen MR) is 148 cm³/mol. The van der Waals surface area contributed by atoms with E-state index >= 15 is 0 Å². The van der Waals surface area contributed by atoms with Gasteiger partial charge in [-0.2, -0.15) is 0 Å². The molecule has 40 heavy (non-hydrogen) atoms. The summed E-state index contributed by atoms with van der Waals surface area (Å²) in [6.45, 7) is 3.65. The third kappa shape index (κ3) is 5.00. The van der Waals surface area contributed by atoms with Crippen LogP contribution >= 0.6 is 0 Å². The molecule has 3 aromatic heterocycles. The Morgan fingerprint density at radius 3 is 2.70 bits per heavy atom. The first-order chi connectivity index (χ1) is 19.2. The van der Waals surface area contributed by atoms with E-state index in [-0.39, 0.29) is 17.4 Å². The van der Waals surface area contributed by atoms with Crippen molar-refractivity contribution in [3.8, 4) is 0 Å². The smallest absolute Gasteiger partial charge is 0.354 e. The first-order valence-electron chi connectivity index (χ1n) is 13.0. The molecular weight excluding hydrogens is 514 g/mol. The molecule has 4 N–H and O–H groups in total. The van der Waals surface area contributed by atoms with Gasteiger partial charge in [-0.15, -0.1) is 0 Å². The van der Waals surface area contributed by atoms with Gasteiger partial charge in [0, 0.05) is 43.8 Å². The van der Waals surface area contributed by atoms with Crippen LogP contribution in [0.1, 0.15) is 48.5 Å². The number of nitrogens with two attached hydrogens (primary N) is 1. The van der Waals surface area contributed by atoms with Gasteiger partial charge in [0.1, 0.15) is 11.5 Å². The number of hydrogen-bond acceptors (Lipinski definition) is 7. The normalized spacial score (nSPS) is 18.7. The van der Waals surface area contributed by atoms with Crippen LogP contribution in [0.4, 0.5) is 0 Å². The maximum absolute atomic E-state index is 13.6. The Balaban J connectivity index is 1.38. The standard InChI is InChI=1S/C28H31N7O5/c1-17-13-18(26(36)37)7-8-20(17)21(29)5-4-11-34-22-6-3-10-30-25(22)35(28(34)40)19-9-12-33(15-19)16-24-31-14-23(27(38)39)32(24)2/h3-6,10-11,13-14,19H,7-9,12,15-16,29H2,1-2H3,(H,36,37)(H,38,39)/b11-4+,21-5-/t19-/m0/s1. The van der Waals surface area contributed by atoms with E-state index in [4.69, 9.17) is 5.73 Å². The van der Waals surface area contributed by atoms with Crippen LogP contribution < -0.4 is 11.4 Å². The summed E-state index contributed by atoms with van der Waals surface area (Å²) >= 11 is 0. The Hall–Kier alpha value is -4.71. The number of allylic oxidation sites excluding steroid dienone is 5. The Kier molecular flexibility index (Phi) is 7.26. The zero-order chi connectivity index (χ0) is 28.6. The van der Waals surface area contributed by atoms with E-state index in [9.17, 15) is 24.6 Å². The number of aliphatic carboxylic acids is 1. The molecule has 12 heteroatoms. The van der Waals surface area contributed by atoms with Crippen molar-refractivity contribution in [1.82, 2.24) is 28.6 Å². The van der Waals surface area contributed by atoms with Crippen LogP contribution in [0.5, 0.6) is 0 Å². The molecule has 1 atom stereocenters. The molecule has 0 spiro atoms. The lowest BCUT2D eigenvalue weighted by Gasteiger charge is -2.16. The van der Waals surface area contributed by atoms with Gasteiger partial charge in [0.15, 0.2) is 5.65 Å². The first-order valence-corrected chi connectivity index (χ1v) is 13.0. The minimum Gasteiger partial charge on any atom is -0.478 e. The lowest BCUT2D eigenvalue weighted by Crippen LogP contribution is -2.29. The van der Waals surface area contributed by atoms with Crippen molar-refractivity contribution in [2.24, 2.45) is 12.8 Å². The number of likely N-dealkylation sites (tertiary alicyclic amines) is 1. The van der Waals surface area contributed by atoms with Crippen molar-refractivity contribution < 1.29 is 19.8 Å². The molecule has 0 radical (unpaired) electrons. The number of aromatic carboxylic acids is 1. The third-order valence-corrected chi connectivity index (χ3v) is 7.59. The SMILES string of the molecule is CC1=C(/C(N)=C/C=C/n2c(=O)n([C@H]3CCN(Cc4ncc(C(=O)O)n4C)C3)c3ncccc32)CCC(C(=O)O)=C1. The summed E-state index contributed by atoms with van der Waals surface area (Å²) < 4.78 is 4.85. The molecule has 12 nitrogen and oxygen atoms in total. The fourth-order valence-electron chi connectivity index (χ4n) is 5.46. The van der Waals surface area contributed by atoms with Crippen molar-refractivity contribution in [3.05, 3.63) is 87.2 Å². The second kappa shape index (κ2) is 10.8. The van der Waals surface area contributed by atoms with Gasteiger partial charge in [0.05, 0.1) is 24.3 Å². The highest BCUT2D eigenvalue weighted by Crippen LogP contribution is 2.28. The lowest BCUT2D eigenvalue weighted by atomic mass is 9.91. The van der Waals surface area contributed by atoms with Crippen molar-refractivity contribution in [1.29, 1.82) is 0 Å².